The van der Waals surface area contributed by atoms with Crippen LogP contribution in [-0.2, 0) is 16.0 Å². The predicted molar refractivity (Wildman–Crippen MR) is 98.7 cm³/mol. The summed E-state index contributed by atoms with van der Waals surface area (Å²) in [7, 11) is 0. The number of benzene rings is 2. The molecule has 2 aromatic rings. The number of nitriles is 1. The van der Waals surface area contributed by atoms with Gasteiger partial charge >= 0.3 is 0 Å². The molecule has 3 rings (SSSR count). The summed E-state index contributed by atoms with van der Waals surface area (Å²) in [5.74, 6) is -0.447. The quantitative estimate of drug-likeness (QED) is 0.855. The van der Waals surface area contributed by atoms with Gasteiger partial charge < -0.3 is 10.6 Å². The molecule has 0 saturated carbocycles. The Kier molecular flexibility index (Phi) is 5.27. The van der Waals surface area contributed by atoms with Crippen LogP contribution in [0, 0.1) is 11.3 Å². The highest BCUT2D eigenvalue weighted by atomic mass is 35.5. The zero-order valence-corrected chi connectivity index (χ0v) is 14.7. The third-order valence-corrected chi connectivity index (χ3v) is 5.16. The first-order chi connectivity index (χ1) is 12.0. The molecule has 5 nitrogen and oxygen atoms in total. The van der Waals surface area contributed by atoms with Crippen molar-refractivity contribution in [3.05, 3.63) is 53.1 Å². The molecule has 25 heavy (non-hydrogen) atoms. The van der Waals surface area contributed by atoms with Crippen LogP contribution in [0.15, 0.2) is 47.4 Å². The second kappa shape index (κ2) is 7.60. The molecule has 1 aliphatic rings. The van der Waals surface area contributed by atoms with Crippen LogP contribution < -0.4 is 10.6 Å². The zero-order chi connectivity index (χ0) is 17.8. The third kappa shape index (κ3) is 4.32. The minimum Gasteiger partial charge on any atom is -0.326 e. The van der Waals surface area contributed by atoms with Gasteiger partial charge in [-0.05, 0) is 35.9 Å². The fourth-order valence-electron chi connectivity index (χ4n) is 2.43. The molecule has 0 bridgehead atoms. The number of anilines is 2. The summed E-state index contributed by atoms with van der Waals surface area (Å²) in [4.78, 5) is 25.3. The summed E-state index contributed by atoms with van der Waals surface area (Å²) in [6, 6.07) is 14.4. The lowest BCUT2D eigenvalue weighted by Crippen LogP contribution is -2.32. The van der Waals surface area contributed by atoms with Gasteiger partial charge in [-0.15, -0.1) is 11.8 Å². The second-order valence-corrected chi connectivity index (χ2v) is 7.20. The van der Waals surface area contributed by atoms with E-state index in [0.717, 1.165) is 10.5 Å². The molecule has 1 atom stereocenters. The van der Waals surface area contributed by atoms with Gasteiger partial charge in [0.05, 0.1) is 23.4 Å². The van der Waals surface area contributed by atoms with Crippen LogP contribution in [0.4, 0.5) is 11.4 Å². The van der Waals surface area contributed by atoms with Crippen LogP contribution in [0.5, 0.6) is 0 Å². The Morgan fingerprint density at radius 1 is 1.28 bits per heavy atom. The molecule has 0 aliphatic carbocycles. The van der Waals surface area contributed by atoms with Crippen molar-refractivity contribution in [1.82, 2.24) is 0 Å². The number of nitrogens with zero attached hydrogens (tertiary/aromatic N) is 1. The molecule has 1 aliphatic heterocycles. The molecule has 0 aromatic heterocycles. The largest absolute Gasteiger partial charge is 0.326 e. The average molecular weight is 372 g/mol. The van der Waals surface area contributed by atoms with Gasteiger partial charge in [-0.3, -0.25) is 9.59 Å². The van der Waals surface area contributed by atoms with Crippen molar-refractivity contribution in [1.29, 1.82) is 5.26 Å². The topological polar surface area (TPSA) is 82.0 Å². The van der Waals surface area contributed by atoms with E-state index in [0.29, 0.717) is 22.8 Å². The van der Waals surface area contributed by atoms with E-state index in [-0.39, 0.29) is 18.2 Å². The number of hydrogen-bond acceptors (Lipinski definition) is 4. The van der Waals surface area contributed by atoms with Crippen molar-refractivity contribution in [2.24, 2.45) is 0 Å². The number of nitrogens with one attached hydrogen (secondary N) is 2. The maximum absolute atomic E-state index is 12.2. The first-order valence-electron chi connectivity index (χ1n) is 7.58. The van der Waals surface area contributed by atoms with E-state index < -0.39 is 5.25 Å². The van der Waals surface area contributed by atoms with Gasteiger partial charge in [-0.25, -0.2) is 0 Å². The van der Waals surface area contributed by atoms with Gasteiger partial charge in [-0.1, -0.05) is 23.7 Å². The highest BCUT2D eigenvalue weighted by Crippen LogP contribution is 2.38. The molecule has 0 saturated heterocycles. The monoisotopic (exact) mass is 371 g/mol. The van der Waals surface area contributed by atoms with Gasteiger partial charge in [-0.2, -0.15) is 5.26 Å². The normalized spacial score (nSPS) is 15.7. The zero-order valence-electron chi connectivity index (χ0n) is 13.1. The average Bonchev–Trinajstić information content (AvgIpc) is 2.58. The summed E-state index contributed by atoms with van der Waals surface area (Å²) >= 11 is 7.28. The van der Waals surface area contributed by atoms with E-state index in [4.69, 9.17) is 16.9 Å². The fraction of sp³-hybridized carbons (Fsp3) is 0.167. The fourth-order valence-corrected chi connectivity index (χ4v) is 3.70. The van der Waals surface area contributed by atoms with E-state index >= 15 is 0 Å². The molecular weight excluding hydrogens is 358 g/mol. The molecule has 0 fully saturated rings. The number of fused-ring (bicyclic) bond motifs is 1. The maximum atomic E-state index is 12.2. The van der Waals surface area contributed by atoms with Gasteiger partial charge in [0.15, 0.2) is 0 Å². The van der Waals surface area contributed by atoms with Crippen LogP contribution in [-0.4, -0.2) is 17.1 Å². The molecule has 2 aromatic carbocycles. The smallest absolute Gasteiger partial charge is 0.238 e. The molecule has 7 heteroatoms. The summed E-state index contributed by atoms with van der Waals surface area (Å²) in [6.45, 7) is 0. The van der Waals surface area contributed by atoms with Crippen LogP contribution in [0.2, 0.25) is 5.02 Å². The Balaban J connectivity index is 1.62. The lowest BCUT2D eigenvalue weighted by molar-refractivity contribution is -0.120. The first-order valence-corrected chi connectivity index (χ1v) is 8.84. The molecule has 126 valence electrons. The number of hydrogen-bond donors (Lipinski definition) is 2. The van der Waals surface area contributed by atoms with E-state index in [2.05, 4.69) is 16.7 Å². The van der Waals surface area contributed by atoms with Gasteiger partial charge in [0.2, 0.25) is 11.8 Å². The Labute approximate surface area is 154 Å². The molecule has 2 N–H and O–H groups in total. The first kappa shape index (κ1) is 17.3. The Bertz CT molecular complexity index is 862. The molecular formula is C18H14ClN3O2S. The minimum atomic E-state index is -0.494. The lowest BCUT2D eigenvalue weighted by atomic mass is 10.1. The summed E-state index contributed by atoms with van der Waals surface area (Å²) < 4.78 is 0. The Hall–Kier alpha value is -2.49. The Morgan fingerprint density at radius 2 is 2.04 bits per heavy atom. The number of carbonyl (C=O) groups excluding carboxylic acids is 2. The molecule has 2 amide bonds. The number of carbonyl (C=O) groups is 2. The summed E-state index contributed by atoms with van der Waals surface area (Å²) in [6.07, 6.45) is 0.398. The van der Waals surface area contributed by atoms with Gasteiger partial charge in [0.1, 0.15) is 0 Å². The maximum Gasteiger partial charge on any atom is 0.238 e. The lowest BCUT2D eigenvalue weighted by Gasteiger charge is -2.23. The van der Waals surface area contributed by atoms with Crippen molar-refractivity contribution >= 4 is 46.6 Å². The highest BCUT2D eigenvalue weighted by molar-refractivity contribution is 8.01. The van der Waals surface area contributed by atoms with Gasteiger partial charge in [0.25, 0.3) is 0 Å². The van der Waals surface area contributed by atoms with E-state index in [9.17, 15) is 9.59 Å². The standard InChI is InChI=1S/C18H14ClN3O2S/c19-12-3-6-15-14(9-12)22-18(24)16(25-15)10-17(23)21-13-4-1-11(2-5-13)7-8-20/h1-6,9,16H,7,10H2,(H,21,23)(H,22,24). The van der Waals surface area contributed by atoms with E-state index in [1.54, 1.807) is 36.4 Å². The van der Waals surface area contributed by atoms with Crippen molar-refractivity contribution in [2.45, 2.75) is 23.0 Å². The molecule has 0 spiro atoms. The minimum absolute atomic E-state index is 0.0680. The number of thioether (sulfide) groups is 1. The third-order valence-electron chi connectivity index (χ3n) is 3.65. The van der Waals surface area contributed by atoms with Crippen molar-refractivity contribution in [3.63, 3.8) is 0 Å². The molecule has 1 heterocycles. The Morgan fingerprint density at radius 3 is 2.76 bits per heavy atom. The van der Waals surface area contributed by atoms with Crippen molar-refractivity contribution in [3.8, 4) is 6.07 Å². The number of rotatable bonds is 4. The van der Waals surface area contributed by atoms with Crippen LogP contribution in [0.3, 0.4) is 0 Å². The predicted octanol–water partition coefficient (Wildman–Crippen LogP) is 3.85. The summed E-state index contributed by atoms with van der Waals surface area (Å²) in [5, 5.41) is 14.3. The molecule has 0 radical (unpaired) electrons. The van der Waals surface area contributed by atoms with Gasteiger partial charge in [0, 0.05) is 22.0 Å². The highest BCUT2D eigenvalue weighted by Gasteiger charge is 2.29. The summed E-state index contributed by atoms with van der Waals surface area (Å²) in [5.41, 5.74) is 2.20. The number of amides is 2. The SMILES string of the molecule is N#CCc1ccc(NC(=O)CC2Sc3ccc(Cl)cc3NC2=O)cc1. The van der Waals surface area contributed by atoms with E-state index in [1.165, 1.54) is 11.8 Å². The van der Waals surface area contributed by atoms with Crippen LogP contribution in [0.25, 0.3) is 0 Å². The number of halogens is 1. The second-order valence-electron chi connectivity index (χ2n) is 5.52. The molecule has 1 unspecified atom stereocenters. The van der Waals surface area contributed by atoms with Crippen molar-refractivity contribution < 1.29 is 9.59 Å². The van der Waals surface area contributed by atoms with Crippen molar-refractivity contribution in [2.75, 3.05) is 10.6 Å². The van der Waals surface area contributed by atoms with Crippen LogP contribution in [0.1, 0.15) is 12.0 Å². The van der Waals surface area contributed by atoms with Crippen LogP contribution >= 0.6 is 23.4 Å². The van der Waals surface area contributed by atoms with E-state index in [1.807, 2.05) is 6.07 Å².